The molecule has 1 aromatic carbocycles. The summed E-state index contributed by atoms with van der Waals surface area (Å²) in [5.74, 6) is -2.27. The van der Waals surface area contributed by atoms with Crippen LogP contribution in [0.1, 0.15) is 107 Å². The van der Waals surface area contributed by atoms with E-state index in [9.17, 15) is 37.5 Å². The van der Waals surface area contributed by atoms with Crippen LogP contribution in [0.25, 0.3) is 0 Å². The second-order valence-electron chi connectivity index (χ2n) is 16.0. The van der Waals surface area contributed by atoms with E-state index in [2.05, 4.69) is 25.7 Å². The molecule has 1 aromatic heterocycles. The molecule has 3 atom stereocenters. The molecule has 0 bridgehead atoms. The summed E-state index contributed by atoms with van der Waals surface area (Å²) < 4.78 is 29.7. The molecule has 6 rings (SSSR count). The third-order valence-corrected chi connectivity index (χ3v) is 13.8. The number of aromatic nitrogens is 3. The Morgan fingerprint density at radius 2 is 1.69 bits per heavy atom. The molecule has 0 unspecified atom stereocenters. The van der Waals surface area contributed by atoms with Crippen LogP contribution in [0.5, 0.6) is 0 Å². The molecule has 3 heterocycles. The van der Waals surface area contributed by atoms with Crippen LogP contribution in [-0.4, -0.2) is 105 Å². The lowest BCUT2D eigenvalue weighted by molar-refractivity contribution is -0.145. The van der Waals surface area contributed by atoms with Crippen molar-refractivity contribution in [2.75, 3.05) is 24.6 Å². The molecule has 2 aliphatic carbocycles. The van der Waals surface area contributed by atoms with Crippen molar-refractivity contribution >= 4 is 51.2 Å². The Morgan fingerprint density at radius 1 is 1.02 bits per heavy atom. The molecule has 2 aliphatic heterocycles. The predicted molar refractivity (Wildman–Crippen MR) is 203 cm³/mol. The van der Waals surface area contributed by atoms with Crippen molar-refractivity contribution in [1.29, 1.82) is 0 Å². The smallest absolute Gasteiger partial charge is 0.287 e. The van der Waals surface area contributed by atoms with Crippen molar-refractivity contribution < 1.29 is 37.5 Å². The van der Waals surface area contributed by atoms with Gasteiger partial charge in [-0.1, -0.05) is 37.3 Å². The maximum absolute atomic E-state index is 14.8. The average Bonchev–Trinajstić information content (AvgIpc) is 3.65. The van der Waals surface area contributed by atoms with E-state index in [1.54, 1.807) is 25.6 Å². The number of sulfonamides is 1. The summed E-state index contributed by atoms with van der Waals surface area (Å²) in [6.07, 6.45) is 8.95. The molecule has 4 fully saturated rings. The number of primary amides is 1. The molecule has 4 aliphatic rings. The Hall–Kier alpha value is -3.87. The number of thioether (sulfide) groups is 1. The van der Waals surface area contributed by atoms with E-state index in [0.717, 1.165) is 44.9 Å². The fourth-order valence-corrected chi connectivity index (χ4v) is 10.3. The number of hydrogen-bond acceptors (Lipinski definition) is 11. The third kappa shape index (κ3) is 9.57. The predicted octanol–water partition coefficient (Wildman–Crippen LogP) is 1.54. The topological polar surface area (TPSA) is 236 Å². The summed E-state index contributed by atoms with van der Waals surface area (Å²) in [5.41, 5.74) is 3.12. The first kappa shape index (κ1) is 40.8. The molecule has 0 radical (unpaired) electrons. The number of nitrogens with two attached hydrogens (primary N) is 1. The summed E-state index contributed by atoms with van der Waals surface area (Å²) in [4.78, 5) is 69.8. The van der Waals surface area contributed by atoms with E-state index in [4.69, 9.17) is 5.73 Å². The molecule has 2 saturated heterocycles. The van der Waals surface area contributed by atoms with Crippen molar-refractivity contribution in [3.05, 3.63) is 41.7 Å². The van der Waals surface area contributed by atoms with Gasteiger partial charge in [-0.05, 0) is 93.6 Å². The van der Waals surface area contributed by atoms with Crippen LogP contribution >= 0.6 is 11.8 Å². The van der Waals surface area contributed by atoms with Gasteiger partial charge in [-0.25, -0.2) is 17.8 Å². The van der Waals surface area contributed by atoms with Gasteiger partial charge in [0.25, 0.3) is 11.8 Å². The van der Waals surface area contributed by atoms with E-state index in [1.165, 1.54) is 40.0 Å². The van der Waals surface area contributed by atoms with Crippen LogP contribution in [0.3, 0.4) is 0 Å². The van der Waals surface area contributed by atoms with Crippen molar-refractivity contribution in [3.8, 4) is 0 Å². The van der Waals surface area contributed by atoms with Crippen LogP contribution in [0.2, 0.25) is 0 Å². The van der Waals surface area contributed by atoms with Gasteiger partial charge in [-0.15, -0.1) is 5.10 Å². The molecule has 18 heteroatoms. The van der Waals surface area contributed by atoms with Crippen LogP contribution in [0.4, 0.5) is 0 Å². The minimum absolute atomic E-state index is 0.0204. The van der Waals surface area contributed by atoms with Crippen molar-refractivity contribution in [3.63, 3.8) is 0 Å². The summed E-state index contributed by atoms with van der Waals surface area (Å²) in [5, 5.41) is 24.9. The van der Waals surface area contributed by atoms with Gasteiger partial charge in [-0.3, -0.25) is 24.0 Å². The fourth-order valence-electron chi connectivity index (χ4n) is 7.96. The molecule has 2 saturated carbocycles. The van der Waals surface area contributed by atoms with Crippen LogP contribution in [0, 0.1) is 11.8 Å². The van der Waals surface area contributed by atoms with E-state index in [1.807, 2.05) is 0 Å². The second-order valence-corrected chi connectivity index (χ2v) is 19.0. The first-order valence-electron chi connectivity index (χ1n) is 19.2. The zero-order valence-corrected chi connectivity index (χ0v) is 33.0. The summed E-state index contributed by atoms with van der Waals surface area (Å²) in [6.45, 7) is 3.50. The Morgan fingerprint density at radius 3 is 2.31 bits per heavy atom. The van der Waals surface area contributed by atoms with Gasteiger partial charge in [0.15, 0.2) is 0 Å². The zero-order chi connectivity index (χ0) is 39.5. The third-order valence-electron chi connectivity index (χ3n) is 11.4. The Bertz CT molecular complexity index is 1860. The molecule has 2 aromatic rings. The number of benzene rings is 1. The molecule has 4 amide bonds. The van der Waals surface area contributed by atoms with E-state index < -0.39 is 68.7 Å². The number of aliphatic hydroxyl groups is 1. The highest BCUT2D eigenvalue weighted by molar-refractivity contribution is 7.99. The highest BCUT2D eigenvalue weighted by atomic mass is 32.2. The van der Waals surface area contributed by atoms with Gasteiger partial charge in [0.2, 0.25) is 27.6 Å². The van der Waals surface area contributed by atoms with E-state index in [0.29, 0.717) is 36.1 Å². The van der Waals surface area contributed by atoms with Gasteiger partial charge in [-0.2, -0.15) is 11.8 Å². The highest BCUT2D eigenvalue weighted by Gasteiger charge is 2.49. The normalized spacial score (nSPS) is 22.5. The van der Waals surface area contributed by atoms with E-state index in [-0.39, 0.29) is 42.2 Å². The number of carbonyl (C=O) groups excluding carboxylic acids is 5. The first-order valence-corrected chi connectivity index (χ1v) is 21.8. The highest BCUT2D eigenvalue weighted by Crippen LogP contribution is 2.35. The Balaban J connectivity index is 1.28. The minimum Gasteiger partial charge on any atom is -0.384 e. The van der Waals surface area contributed by atoms with Crippen LogP contribution < -0.4 is 21.1 Å². The van der Waals surface area contributed by atoms with Crippen molar-refractivity contribution in [1.82, 2.24) is 35.2 Å². The first-order chi connectivity index (χ1) is 26.1. The molecule has 0 spiro atoms. The van der Waals surface area contributed by atoms with Gasteiger partial charge >= 0.3 is 0 Å². The molecule has 55 heavy (non-hydrogen) atoms. The quantitative estimate of drug-likeness (QED) is 0.162. The lowest BCUT2D eigenvalue weighted by Gasteiger charge is -2.37. The van der Waals surface area contributed by atoms with Gasteiger partial charge in [0.05, 0.1) is 22.8 Å². The molecule has 6 N–H and O–H groups in total. The Labute approximate surface area is 325 Å². The van der Waals surface area contributed by atoms with Gasteiger partial charge in [0, 0.05) is 25.1 Å². The van der Waals surface area contributed by atoms with Crippen LogP contribution in [-0.2, 0) is 34.8 Å². The largest absolute Gasteiger partial charge is 0.384 e. The molecule has 16 nitrogen and oxygen atoms in total. The number of ketones is 1. The van der Waals surface area contributed by atoms with Crippen LogP contribution in [0.15, 0.2) is 35.4 Å². The summed E-state index contributed by atoms with van der Waals surface area (Å²) in [6, 6.07) is 2.74. The standard InChI is InChI=1S/C37H52N8O8S2/c1-36(2,51)30-21-39-43-45(30)26-19-29(34(49)42-37(31(46)32(38)47)14-16-54-17-15-37)44(22-26)35(50)28(18-23-6-4-3-5-7-23)41-33(48)25-10-12-27(13-11-25)55(52,53)40-20-24-8-9-24/h10-13,21,23-24,26,28-29,40,51H,3-9,14-20,22H2,1-2H3,(H2,38,47)(H,41,48)(H,42,49)/t26-,28+,29-/m0/s1. The number of Topliss-reactive ketones (excluding diaryl/α,β-unsaturated/α-hetero) is 1. The zero-order valence-electron chi connectivity index (χ0n) is 31.4. The molecular formula is C37H52N8O8S2. The van der Waals surface area contributed by atoms with Gasteiger partial charge < -0.3 is 26.4 Å². The number of hydrogen-bond donors (Lipinski definition) is 5. The lowest BCUT2D eigenvalue weighted by atomic mass is 9.84. The maximum atomic E-state index is 14.8. The molecule has 300 valence electrons. The lowest BCUT2D eigenvalue weighted by Crippen LogP contribution is -2.63. The number of nitrogens with zero attached hydrogens (tertiary/aromatic N) is 4. The number of amides is 4. The number of carbonyl (C=O) groups is 5. The minimum atomic E-state index is -3.76. The SMILES string of the molecule is CC(C)(O)c1cnnn1[C@H]1C[C@@H](C(=O)NC2(C(=O)C(N)=O)CCSCC2)N(C(=O)[C@@H](CC2CCCCC2)NC(=O)c2ccc(S(=O)(=O)NCC3CC3)cc2)C1. The van der Waals surface area contributed by atoms with Crippen molar-refractivity contribution in [2.45, 2.75) is 119 Å². The van der Waals surface area contributed by atoms with E-state index >= 15 is 0 Å². The molecular weight excluding hydrogens is 749 g/mol. The second kappa shape index (κ2) is 16.7. The van der Waals surface area contributed by atoms with Gasteiger partial charge in [0.1, 0.15) is 23.2 Å². The number of likely N-dealkylation sites (tertiary alicyclic amines) is 1. The maximum Gasteiger partial charge on any atom is 0.287 e. The average molecular weight is 801 g/mol. The summed E-state index contributed by atoms with van der Waals surface area (Å²) in [7, 11) is -3.76. The summed E-state index contributed by atoms with van der Waals surface area (Å²) >= 11 is 1.59. The number of rotatable bonds is 15. The Kier molecular flexibility index (Phi) is 12.4. The number of nitrogens with one attached hydrogen (secondary N) is 3. The van der Waals surface area contributed by atoms with Crippen molar-refractivity contribution in [2.24, 2.45) is 17.6 Å². The fraction of sp³-hybridized carbons (Fsp3) is 0.649. The monoisotopic (exact) mass is 800 g/mol.